The summed E-state index contributed by atoms with van der Waals surface area (Å²) in [6, 6.07) is 30.2. The molecule has 4 heteroatoms. The van der Waals surface area contributed by atoms with E-state index in [0.29, 0.717) is 6.61 Å². The van der Waals surface area contributed by atoms with Crippen LogP contribution < -0.4 is 4.74 Å². The van der Waals surface area contributed by atoms with Crippen molar-refractivity contribution in [1.29, 1.82) is 0 Å². The largest absolute Gasteiger partial charge is 0.486 e. The Kier molecular flexibility index (Phi) is 6.31. The fourth-order valence-electron chi connectivity index (χ4n) is 3.11. The molecule has 0 aliphatic heterocycles. The van der Waals surface area contributed by atoms with Gasteiger partial charge in [0.1, 0.15) is 18.1 Å². The Balaban J connectivity index is 1.60. The van der Waals surface area contributed by atoms with E-state index in [2.05, 4.69) is 109 Å². The first-order valence-electron chi connectivity index (χ1n) is 9.49. The maximum absolute atomic E-state index is 5.89. The van der Waals surface area contributed by atoms with Crippen LogP contribution in [0.15, 0.2) is 104 Å². The maximum atomic E-state index is 5.89. The third-order valence-corrected chi connectivity index (χ3v) is 7.71. The van der Waals surface area contributed by atoms with Gasteiger partial charge in [-0.15, -0.1) is 0 Å². The lowest BCUT2D eigenvalue weighted by Gasteiger charge is -2.24. The molecule has 0 spiro atoms. The molecular weight excluding hydrogens is 491 g/mol. The lowest BCUT2D eigenvalue weighted by Crippen LogP contribution is -1.94. The molecule has 1 heterocycles. The van der Waals surface area contributed by atoms with Crippen LogP contribution in [0, 0.1) is 17.6 Å². The number of furan rings is 1. The molecule has 4 rings (SSSR count). The third kappa shape index (κ3) is 5.06. The molecule has 0 fully saturated rings. The fraction of sp³-hybridized carbons (Fsp3) is 0.120. The summed E-state index contributed by atoms with van der Waals surface area (Å²) in [5, 5.41) is 0. The molecule has 148 valence electrons. The molecule has 0 aliphatic rings. The van der Waals surface area contributed by atoms with Crippen LogP contribution in [-0.2, 0) is 6.61 Å². The molecule has 0 saturated carbocycles. The first-order valence-corrected chi connectivity index (χ1v) is 11.9. The van der Waals surface area contributed by atoms with Crippen LogP contribution in [0.4, 0.5) is 0 Å². The molecule has 4 aromatic rings. The van der Waals surface area contributed by atoms with Gasteiger partial charge in [0, 0.05) is 0 Å². The molecule has 1 aromatic heterocycles. The van der Waals surface area contributed by atoms with Crippen molar-refractivity contribution in [2.75, 3.05) is 0 Å². The summed E-state index contributed by atoms with van der Waals surface area (Å²) in [5.74, 6) is 1.68. The first kappa shape index (κ1) is 20.1. The van der Waals surface area contributed by atoms with Gasteiger partial charge in [0.15, 0.2) is 3.77 Å². The van der Waals surface area contributed by atoms with Crippen LogP contribution >= 0.6 is 33.5 Å². The van der Waals surface area contributed by atoms with E-state index >= 15 is 0 Å². The summed E-state index contributed by atoms with van der Waals surface area (Å²) >= 11 is 2.16. The molecule has 0 atom stereocenters. The molecule has 0 aliphatic carbocycles. The summed E-state index contributed by atoms with van der Waals surface area (Å²) in [7, 11) is -0.608. The Morgan fingerprint density at radius 2 is 1.17 bits per heavy atom. The van der Waals surface area contributed by atoms with Gasteiger partial charge in [-0.25, -0.2) is 0 Å². The van der Waals surface area contributed by atoms with Gasteiger partial charge in [0.2, 0.25) is 0 Å². The topological polar surface area (TPSA) is 22.4 Å². The van der Waals surface area contributed by atoms with Gasteiger partial charge < -0.3 is 9.15 Å². The number of ether oxygens (including phenoxy) is 1. The second-order valence-corrected chi connectivity index (χ2v) is 10.3. The molecule has 0 amide bonds. The predicted octanol–water partition coefficient (Wildman–Crippen LogP) is 7.56. The Hall–Kier alpha value is -2.18. The van der Waals surface area contributed by atoms with E-state index < -0.39 is 10.9 Å². The normalized spacial score (nSPS) is 11.3. The number of benzene rings is 3. The van der Waals surface area contributed by atoms with Gasteiger partial charge in [-0.3, -0.25) is 0 Å². The highest BCUT2D eigenvalue weighted by molar-refractivity contribution is 14.1. The van der Waals surface area contributed by atoms with Crippen molar-refractivity contribution in [2.24, 2.45) is 0 Å². The second-order valence-electron chi connectivity index (χ2n) is 6.99. The molecule has 2 nitrogen and oxygen atoms in total. The lowest BCUT2D eigenvalue weighted by molar-refractivity contribution is 0.267. The van der Waals surface area contributed by atoms with Crippen molar-refractivity contribution in [3.05, 3.63) is 106 Å². The smallest absolute Gasteiger partial charge is 0.164 e. The molecule has 3 aromatic carbocycles. The summed E-state index contributed by atoms with van der Waals surface area (Å²) in [6.45, 7) is 4.70. The summed E-state index contributed by atoms with van der Waals surface area (Å²) in [6.07, 6.45) is 0. The average molecular weight is 514 g/mol. The number of halogens is 1. The highest BCUT2D eigenvalue weighted by Crippen LogP contribution is 2.51. The number of aryl methyl sites for hydroxylation is 2. The monoisotopic (exact) mass is 514 g/mol. The van der Waals surface area contributed by atoms with Crippen LogP contribution in [0.2, 0.25) is 0 Å². The van der Waals surface area contributed by atoms with E-state index in [0.717, 1.165) is 15.3 Å². The van der Waals surface area contributed by atoms with Gasteiger partial charge in [-0.1, -0.05) is 35.4 Å². The van der Waals surface area contributed by atoms with Crippen molar-refractivity contribution < 1.29 is 9.15 Å². The van der Waals surface area contributed by atoms with Crippen LogP contribution in [0.3, 0.4) is 0 Å². The average Bonchev–Trinajstić information content (AvgIpc) is 3.15. The van der Waals surface area contributed by atoms with Crippen LogP contribution in [0.5, 0.6) is 5.75 Å². The number of rotatable bonds is 6. The number of hydrogen-bond donors (Lipinski definition) is 1. The van der Waals surface area contributed by atoms with E-state index in [9.17, 15) is 0 Å². The van der Waals surface area contributed by atoms with Crippen LogP contribution in [0.25, 0.3) is 0 Å². The molecule has 29 heavy (non-hydrogen) atoms. The Morgan fingerprint density at radius 3 is 1.62 bits per heavy atom. The minimum atomic E-state index is -0.608. The third-order valence-electron chi connectivity index (χ3n) is 4.69. The fourth-order valence-corrected chi connectivity index (χ4v) is 5.81. The minimum absolute atomic E-state index is 0.438. The van der Waals surface area contributed by atoms with Crippen molar-refractivity contribution in [3.63, 3.8) is 0 Å². The summed E-state index contributed by atoms with van der Waals surface area (Å²) in [4.78, 5) is 4.02. The van der Waals surface area contributed by atoms with Crippen molar-refractivity contribution in [3.8, 4) is 5.75 Å². The second kappa shape index (κ2) is 9.09. The summed E-state index contributed by atoms with van der Waals surface area (Å²) < 4.78 is 12.3. The molecular formula is C25H23IO2S. The van der Waals surface area contributed by atoms with Gasteiger partial charge >= 0.3 is 0 Å². The van der Waals surface area contributed by atoms with Gasteiger partial charge in [-0.2, -0.15) is 10.9 Å². The van der Waals surface area contributed by atoms with Crippen molar-refractivity contribution in [2.45, 2.75) is 35.1 Å². The zero-order valence-corrected chi connectivity index (χ0v) is 19.5. The zero-order chi connectivity index (χ0) is 20.2. The Labute approximate surface area is 188 Å². The van der Waals surface area contributed by atoms with Gasteiger partial charge in [0.25, 0.3) is 0 Å². The number of hydrogen-bond acceptors (Lipinski definition) is 2. The first-order chi connectivity index (χ1) is 14.1. The molecule has 0 unspecified atom stereocenters. The highest BCUT2D eigenvalue weighted by atomic mass is 127. The molecule has 0 bridgehead atoms. The zero-order valence-electron chi connectivity index (χ0n) is 16.4. The van der Waals surface area contributed by atoms with E-state index in [1.165, 1.54) is 25.8 Å². The lowest BCUT2D eigenvalue weighted by atomic mass is 10.2. The van der Waals surface area contributed by atoms with Gasteiger partial charge in [0.05, 0.1) is 0 Å². The Bertz CT molecular complexity index is 1020. The Morgan fingerprint density at radius 1 is 0.690 bits per heavy atom. The molecule has 0 N–H and O–H groups in total. The van der Waals surface area contributed by atoms with Crippen molar-refractivity contribution in [1.82, 2.24) is 0 Å². The molecule has 0 saturated heterocycles. The minimum Gasteiger partial charge on any atom is -0.486 e. The summed E-state index contributed by atoms with van der Waals surface area (Å²) in [5.41, 5.74) is 2.56. The van der Waals surface area contributed by atoms with E-state index in [-0.39, 0.29) is 0 Å². The van der Waals surface area contributed by atoms with Crippen LogP contribution in [0.1, 0.15) is 16.9 Å². The maximum Gasteiger partial charge on any atom is 0.164 e. The number of thiol groups is 1. The van der Waals surface area contributed by atoms with Gasteiger partial charge in [-0.05, 0) is 112 Å². The quantitative estimate of drug-likeness (QED) is 0.212. The van der Waals surface area contributed by atoms with E-state index in [1.807, 2.05) is 12.1 Å². The van der Waals surface area contributed by atoms with E-state index in [1.54, 1.807) is 0 Å². The van der Waals surface area contributed by atoms with E-state index in [4.69, 9.17) is 9.15 Å². The van der Waals surface area contributed by atoms with Crippen molar-refractivity contribution >= 4 is 33.5 Å². The van der Waals surface area contributed by atoms with Crippen LogP contribution in [-0.4, -0.2) is 0 Å². The molecule has 0 radical (unpaired) electrons. The standard InChI is InChI=1S/C25H23IO2S/c1-18-3-10-22(11-4-18)29(23-12-5-19(2)6-13-23)24-14-7-20(8-15-24)27-17-21-9-16-25(26)28-21/h3-16,29H,17H2,1-2H3. The SMILES string of the molecule is Cc1ccc([SH](c2ccc(C)cc2)c2ccc(OCc3ccc(I)o3)cc2)cc1. The predicted molar refractivity (Wildman–Crippen MR) is 128 cm³/mol. The highest BCUT2D eigenvalue weighted by Gasteiger charge is 2.13.